The Hall–Kier alpha value is -3.02. The number of ether oxygens (including phenoxy) is 1. The van der Waals surface area contributed by atoms with E-state index in [1.165, 1.54) is 17.6 Å². The van der Waals surface area contributed by atoms with Crippen LogP contribution < -0.4 is 10.3 Å². The van der Waals surface area contributed by atoms with Gasteiger partial charge in [0, 0.05) is 17.0 Å². The molecule has 21 heavy (non-hydrogen) atoms. The van der Waals surface area contributed by atoms with Gasteiger partial charge in [-0.1, -0.05) is 0 Å². The molecule has 6 nitrogen and oxygen atoms in total. The summed E-state index contributed by atoms with van der Waals surface area (Å²) in [6, 6.07) is 6.49. The van der Waals surface area contributed by atoms with E-state index in [1.807, 2.05) is 0 Å². The highest BCUT2D eigenvalue weighted by Gasteiger charge is 2.21. The van der Waals surface area contributed by atoms with Crippen molar-refractivity contribution in [2.75, 3.05) is 7.11 Å². The van der Waals surface area contributed by atoms with E-state index in [4.69, 9.17) is 4.74 Å². The highest BCUT2D eigenvalue weighted by Crippen LogP contribution is 2.37. The average Bonchev–Trinajstić information content (AvgIpc) is 2.80. The van der Waals surface area contributed by atoms with Crippen molar-refractivity contribution in [1.82, 2.24) is 9.38 Å². The Balaban J connectivity index is 2.46. The van der Waals surface area contributed by atoms with Crippen molar-refractivity contribution in [3.63, 3.8) is 0 Å². The molecule has 0 unspecified atom stereocenters. The van der Waals surface area contributed by atoms with Crippen LogP contribution in [-0.2, 0) is 0 Å². The SMILES string of the molecule is COc1c(O)c2nccc3c4cc(O)ccc4n(c1=O)c23. The van der Waals surface area contributed by atoms with Crippen LogP contribution in [0.2, 0.25) is 0 Å². The van der Waals surface area contributed by atoms with Crippen LogP contribution in [0.15, 0.2) is 35.3 Å². The van der Waals surface area contributed by atoms with E-state index in [-0.39, 0.29) is 17.2 Å². The lowest BCUT2D eigenvalue weighted by atomic mass is 10.1. The van der Waals surface area contributed by atoms with Crippen LogP contribution in [0.1, 0.15) is 0 Å². The molecule has 0 spiro atoms. The number of pyridine rings is 2. The number of phenolic OH excluding ortho intramolecular Hbond substituents is 1. The Bertz CT molecular complexity index is 1070. The van der Waals surface area contributed by atoms with E-state index in [0.717, 1.165) is 5.39 Å². The molecule has 1 aromatic carbocycles. The number of nitrogens with zero attached hydrogens (tertiary/aromatic N) is 2. The molecule has 0 amide bonds. The highest BCUT2D eigenvalue weighted by atomic mass is 16.5. The fourth-order valence-electron chi connectivity index (χ4n) is 2.83. The van der Waals surface area contributed by atoms with Crippen LogP contribution >= 0.6 is 0 Å². The van der Waals surface area contributed by atoms with Crippen molar-refractivity contribution in [3.05, 3.63) is 40.8 Å². The van der Waals surface area contributed by atoms with E-state index in [9.17, 15) is 15.0 Å². The van der Waals surface area contributed by atoms with Gasteiger partial charge in [0.2, 0.25) is 5.75 Å². The third-order valence-corrected chi connectivity index (χ3v) is 3.70. The summed E-state index contributed by atoms with van der Waals surface area (Å²) in [7, 11) is 1.33. The summed E-state index contributed by atoms with van der Waals surface area (Å²) >= 11 is 0. The molecule has 0 aliphatic heterocycles. The average molecular weight is 282 g/mol. The third-order valence-electron chi connectivity index (χ3n) is 3.70. The molecule has 0 saturated heterocycles. The Kier molecular flexibility index (Phi) is 2.11. The van der Waals surface area contributed by atoms with E-state index < -0.39 is 5.56 Å². The topological polar surface area (TPSA) is 84.1 Å². The van der Waals surface area contributed by atoms with Crippen molar-refractivity contribution in [2.24, 2.45) is 0 Å². The summed E-state index contributed by atoms with van der Waals surface area (Å²) in [5.41, 5.74) is 0.978. The van der Waals surface area contributed by atoms with Gasteiger partial charge in [0.25, 0.3) is 0 Å². The maximum absolute atomic E-state index is 12.5. The van der Waals surface area contributed by atoms with Crippen molar-refractivity contribution >= 4 is 27.3 Å². The van der Waals surface area contributed by atoms with Crippen LogP contribution in [0.25, 0.3) is 27.3 Å². The predicted octanol–water partition coefficient (Wildman–Crippen LogP) is 1.86. The number of aromatic nitrogens is 2. The highest BCUT2D eigenvalue weighted by molar-refractivity contribution is 6.14. The van der Waals surface area contributed by atoms with Gasteiger partial charge in [-0.3, -0.25) is 14.2 Å². The minimum absolute atomic E-state index is 0.107. The summed E-state index contributed by atoms with van der Waals surface area (Å²) in [6.45, 7) is 0. The minimum atomic E-state index is -0.457. The third kappa shape index (κ3) is 1.31. The van der Waals surface area contributed by atoms with Gasteiger partial charge >= 0.3 is 5.56 Å². The Labute approximate surface area is 117 Å². The molecule has 4 aromatic rings. The van der Waals surface area contributed by atoms with Crippen LogP contribution in [0.4, 0.5) is 0 Å². The van der Waals surface area contributed by atoms with E-state index in [0.29, 0.717) is 21.9 Å². The normalized spacial score (nSPS) is 11.7. The van der Waals surface area contributed by atoms with Gasteiger partial charge in [-0.25, -0.2) is 0 Å². The second-order valence-electron chi connectivity index (χ2n) is 4.78. The number of benzene rings is 1. The monoisotopic (exact) mass is 282 g/mol. The largest absolute Gasteiger partial charge is 0.508 e. The molecular weight excluding hydrogens is 272 g/mol. The standard InChI is InChI=1S/C15H10N2O4/c1-21-14-13(19)11-12-8(4-5-16-11)9-6-7(18)2-3-10(9)17(12)15(14)20/h2-6,18-19H,1H3. The summed E-state index contributed by atoms with van der Waals surface area (Å²) in [6.07, 6.45) is 1.55. The van der Waals surface area contributed by atoms with Gasteiger partial charge < -0.3 is 14.9 Å². The zero-order valence-electron chi connectivity index (χ0n) is 11.0. The number of methoxy groups -OCH3 is 1. The van der Waals surface area contributed by atoms with Gasteiger partial charge in [-0.2, -0.15) is 0 Å². The molecule has 0 fully saturated rings. The molecule has 104 valence electrons. The Morgan fingerprint density at radius 3 is 2.76 bits per heavy atom. The fourth-order valence-corrected chi connectivity index (χ4v) is 2.83. The van der Waals surface area contributed by atoms with E-state index in [2.05, 4.69) is 4.98 Å². The summed E-state index contributed by atoms with van der Waals surface area (Å²) < 4.78 is 6.46. The maximum Gasteiger partial charge on any atom is 0.302 e. The zero-order valence-corrected chi connectivity index (χ0v) is 11.0. The van der Waals surface area contributed by atoms with Crippen molar-refractivity contribution in [3.8, 4) is 17.2 Å². The van der Waals surface area contributed by atoms with Crippen LogP contribution in [0.5, 0.6) is 17.2 Å². The molecule has 3 aromatic heterocycles. The number of aromatic hydroxyl groups is 2. The van der Waals surface area contributed by atoms with Gasteiger partial charge in [-0.15, -0.1) is 0 Å². The summed E-state index contributed by atoms with van der Waals surface area (Å²) in [5, 5.41) is 21.3. The molecular formula is C15H10N2O4. The number of rotatable bonds is 1. The molecule has 0 saturated carbocycles. The first kappa shape index (κ1) is 11.8. The Morgan fingerprint density at radius 1 is 1.19 bits per heavy atom. The number of fused-ring (bicyclic) bond motifs is 3. The quantitative estimate of drug-likeness (QED) is 0.556. The van der Waals surface area contributed by atoms with Gasteiger partial charge in [0.05, 0.1) is 18.1 Å². The number of hydrogen-bond donors (Lipinski definition) is 2. The van der Waals surface area contributed by atoms with Gasteiger partial charge in [-0.05, 0) is 24.3 Å². The molecule has 0 atom stereocenters. The first-order valence-electron chi connectivity index (χ1n) is 6.28. The fraction of sp³-hybridized carbons (Fsp3) is 0.0667. The second kappa shape index (κ2) is 3.76. The molecule has 0 bridgehead atoms. The lowest BCUT2D eigenvalue weighted by molar-refractivity contribution is 0.370. The molecule has 0 aliphatic rings. The zero-order chi connectivity index (χ0) is 14.7. The van der Waals surface area contributed by atoms with E-state index in [1.54, 1.807) is 24.4 Å². The number of hydrogen-bond acceptors (Lipinski definition) is 5. The van der Waals surface area contributed by atoms with Gasteiger partial charge in [0.15, 0.2) is 5.75 Å². The Morgan fingerprint density at radius 2 is 2.00 bits per heavy atom. The lowest BCUT2D eigenvalue weighted by Crippen LogP contribution is -2.15. The van der Waals surface area contributed by atoms with Crippen LogP contribution in [0, 0.1) is 0 Å². The van der Waals surface area contributed by atoms with Crippen molar-refractivity contribution < 1.29 is 14.9 Å². The molecule has 0 aliphatic carbocycles. The number of phenols is 1. The molecule has 3 heterocycles. The van der Waals surface area contributed by atoms with Crippen molar-refractivity contribution in [2.45, 2.75) is 0 Å². The van der Waals surface area contributed by atoms with Crippen molar-refractivity contribution in [1.29, 1.82) is 0 Å². The maximum atomic E-state index is 12.5. The molecule has 2 N–H and O–H groups in total. The molecule has 0 radical (unpaired) electrons. The van der Waals surface area contributed by atoms with Gasteiger partial charge in [0.1, 0.15) is 11.3 Å². The summed E-state index contributed by atoms with van der Waals surface area (Å²) in [4.78, 5) is 16.7. The van der Waals surface area contributed by atoms with Crippen LogP contribution in [-0.4, -0.2) is 26.7 Å². The van der Waals surface area contributed by atoms with E-state index >= 15 is 0 Å². The molecule has 6 heteroatoms. The first-order valence-corrected chi connectivity index (χ1v) is 6.28. The second-order valence-corrected chi connectivity index (χ2v) is 4.78. The molecule has 4 rings (SSSR count). The van der Waals surface area contributed by atoms with Crippen LogP contribution in [0.3, 0.4) is 0 Å². The summed E-state index contributed by atoms with van der Waals surface area (Å²) in [5.74, 6) is -0.309. The smallest absolute Gasteiger partial charge is 0.302 e. The lowest BCUT2D eigenvalue weighted by Gasteiger charge is -2.06. The first-order chi connectivity index (χ1) is 10.1. The predicted molar refractivity (Wildman–Crippen MR) is 77.5 cm³/mol. The minimum Gasteiger partial charge on any atom is -0.508 e.